The van der Waals surface area contributed by atoms with Gasteiger partial charge in [0.25, 0.3) is 0 Å². The van der Waals surface area contributed by atoms with E-state index in [0.29, 0.717) is 24.9 Å². The molecule has 0 aliphatic heterocycles. The number of sulfonamides is 1. The summed E-state index contributed by atoms with van der Waals surface area (Å²) < 4.78 is 26.8. The Hall–Kier alpha value is -2.18. The second-order valence-corrected chi connectivity index (χ2v) is 7.02. The molecule has 0 unspecified atom stereocenters. The van der Waals surface area contributed by atoms with E-state index in [1.54, 1.807) is 18.2 Å². The number of carbonyl (C=O) groups excluding carboxylic acids is 1. The lowest BCUT2D eigenvalue weighted by Gasteiger charge is -2.07. The summed E-state index contributed by atoms with van der Waals surface area (Å²) in [6, 6.07) is 12.8. The van der Waals surface area contributed by atoms with E-state index in [1.807, 2.05) is 6.07 Å². The molecule has 6 heteroatoms. The number of phenolic OH excluding ortho intramolecular Hbond substituents is 1. The monoisotopic (exact) mass is 333 g/mol. The van der Waals surface area contributed by atoms with Gasteiger partial charge in [-0.2, -0.15) is 0 Å². The van der Waals surface area contributed by atoms with Gasteiger partial charge in [0.1, 0.15) is 5.75 Å². The summed E-state index contributed by atoms with van der Waals surface area (Å²) in [6.45, 7) is 1.73. The minimum absolute atomic E-state index is 0.104. The first kappa shape index (κ1) is 17.2. The van der Waals surface area contributed by atoms with Crippen LogP contribution in [-0.2, 0) is 16.4 Å². The Balaban J connectivity index is 1.90. The summed E-state index contributed by atoms with van der Waals surface area (Å²) in [7, 11) is -3.58. The molecule has 0 saturated carbocycles. The number of aromatic hydroxyl groups is 1. The van der Waals surface area contributed by atoms with Crippen LogP contribution in [0.1, 0.15) is 29.3 Å². The normalized spacial score (nSPS) is 11.3. The van der Waals surface area contributed by atoms with Crippen LogP contribution >= 0.6 is 0 Å². The van der Waals surface area contributed by atoms with Crippen LogP contribution in [0.3, 0.4) is 0 Å². The Kier molecular flexibility index (Phi) is 5.52. The maximum absolute atomic E-state index is 12.1. The lowest BCUT2D eigenvalue weighted by atomic mass is 10.1. The fraction of sp³-hybridized carbons (Fsp3) is 0.235. The van der Waals surface area contributed by atoms with Crippen LogP contribution in [0, 0.1) is 0 Å². The maximum atomic E-state index is 12.1. The number of carbonyl (C=O) groups is 1. The quantitative estimate of drug-likeness (QED) is 0.602. The number of ketones is 1. The largest absolute Gasteiger partial charge is 0.508 e. The lowest BCUT2D eigenvalue weighted by Crippen LogP contribution is -2.25. The zero-order valence-electron chi connectivity index (χ0n) is 12.8. The molecule has 0 aromatic heterocycles. The van der Waals surface area contributed by atoms with Crippen molar-refractivity contribution in [3.63, 3.8) is 0 Å². The van der Waals surface area contributed by atoms with Gasteiger partial charge in [0.2, 0.25) is 10.0 Å². The van der Waals surface area contributed by atoms with E-state index in [0.717, 1.165) is 5.56 Å². The zero-order valence-corrected chi connectivity index (χ0v) is 13.6. The zero-order chi connectivity index (χ0) is 16.9. The summed E-state index contributed by atoms with van der Waals surface area (Å²) in [4.78, 5) is 11.3. The molecule has 0 spiro atoms. The third-order valence-corrected chi connectivity index (χ3v) is 4.89. The van der Waals surface area contributed by atoms with Crippen molar-refractivity contribution in [1.29, 1.82) is 0 Å². The smallest absolute Gasteiger partial charge is 0.240 e. The van der Waals surface area contributed by atoms with Crippen molar-refractivity contribution in [3.05, 3.63) is 59.7 Å². The summed E-state index contributed by atoms with van der Waals surface area (Å²) in [5, 5.41) is 9.37. The van der Waals surface area contributed by atoms with E-state index in [4.69, 9.17) is 0 Å². The molecule has 0 radical (unpaired) electrons. The summed E-state index contributed by atoms with van der Waals surface area (Å²) in [6.07, 6.45) is 1.29. The molecule has 0 aliphatic carbocycles. The highest BCUT2D eigenvalue weighted by atomic mass is 32.2. The highest BCUT2D eigenvalue weighted by Crippen LogP contribution is 2.13. The van der Waals surface area contributed by atoms with Crippen LogP contribution in [0.5, 0.6) is 5.75 Å². The van der Waals surface area contributed by atoms with E-state index < -0.39 is 10.0 Å². The first-order valence-electron chi connectivity index (χ1n) is 7.27. The third kappa shape index (κ3) is 4.91. The maximum Gasteiger partial charge on any atom is 0.240 e. The van der Waals surface area contributed by atoms with Crippen LogP contribution in [-0.4, -0.2) is 25.9 Å². The van der Waals surface area contributed by atoms with Crippen molar-refractivity contribution in [2.45, 2.75) is 24.7 Å². The number of rotatable bonds is 7. The standard InChI is InChI=1S/C17H19NO4S/c1-13(19)15-7-9-17(10-8-15)23(21,22)18-11-3-5-14-4-2-6-16(20)12-14/h2,4,6-10,12,18,20H,3,5,11H2,1H3. The fourth-order valence-corrected chi connectivity index (χ4v) is 3.24. The Morgan fingerprint density at radius 2 is 1.83 bits per heavy atom. The van der Waals surface area contributed by atoms with E-state index in [-0.39, 0.29) is 16.4 Å². The predicted octanol–water partition coefficient (Wildman–Crippen LogP) is 2.51. The van der Waals surface area contributed by atoms with Crippen molar-refractivity contribution in [2.75, 3.05) is 6.54 Å². The Morgan fingerprint density at radius 1 is 1.13 bits per heavy atom. The number of benzene rings is 2. The van der Waals surface area contributed by atoms with Gasteiger partial charge in [-0.25, -0.2) is 13.1 Å². The Labute approximate surface area is 136 Å². The van der Waals surface area contributed by atoms with Gasteiger partial charge in [-0.3, -0.25) is 4.79 Å². The van der Waals surface area contributed by atoms with Gasteiger partial charge in [0, 0.05) is 12.1 Å². The van der Waals surface area contributed by atoms with Gasteiger partial charge in [-0.05, 0) is 49.6 Å². The molecule has 0 fully saturated rings. The summed E-state index contributed by atoms with van der Waals surface area (Å²) in [5.41, 5.74) is 1.43. The molecule has 2 aromatic carbocycles. The van der Waals surface area contributed by atoms with Gasteiger partial charge >= 0.3 is 0 Å². The van der Waals surface area contributed by atoms with Crippen LogP contribution in [0.15, 0.2) is 53.4 Å². The lowest BCUT2D eigenvalue weighted by molar-refractivity contribution is 0.101. The van der Waals surface area contributed by atoms with Gasteiger partial charge in [0.15, 0.2) is 5.78 Å². The summed E-state index contributed by atoms with van der Waals surface area (Å²) >= 11 is 0. The fourth-order valence-electron chi connectivity index (χ4n) is 2.16. The SMILES string of the molecule is CC(=O)c1ccc(S(=O)(=O)NCCCc2cccc(O)c2)cc1. The molecule has 2 aromatic rings. The van der Waals surface area contributed by atoms with Gasteiger partial charge < -0.3 is 5.11 Å². The molecule has 2 rings (SSSR count). The third-order valence-electron chi connectivity index (χ3n) is 3.42. The molecule has 0 bridgehead atoms. The number of hydrogen-bond donors (Lipinski definition) is 2. The minimum atomic E-state index is -3.58. The number of phenols is 1. The van der Waals surface area contributed by atoms with Crippen LogP contribution in [0.4, 0.5) is 0 Å². The first-order valence-corrected chi connectivity index (χ1v) is 8.75. The van der Waals surface area contributed by atoms with Crippen molar-refractivity contribution in [2.24, 2.45) is 0 Å². The second kappa shape index (κ2) is 7.39. The molecular weight excluding hydrogens is 314 g/mol. The molecule has 2 N–H and O–H groups in total. The van der Waals surface area contributed by atoms with Gasteiger partial charge in [-0.1, -0.05) is 24.3 Å². The highest BCUT2D eigenvalue weighted by molar-refractivity contribution is 7.89. The molecular formula is C17H19NO4S. The van der Waals surface area contributed by atoms with E-state index >= 15 is 0 Å². The number of Topliss-reactive ketones (excluding diaryl/α,β-unsaturated/α-hetero) is 1. The molecule has 0 aliphatic rings. The van der Waals surface area contributed by atoms with Crippen molar-refractivity contribution in [3.8, 4) is 5.75 Å². The topological polar surface area (TPSA) is 83.5 Å². The van der Waals surface area contributed by atoms with Gasteiger partial charge in [-0.15, -0.1) is 0 Å². The molecule has 122 valence electrons. The van der Waals surface area contributed by atoms with E-state index in [1.165, 1.54) is 31.2 Å². The summed E-state index contributed by atoms with van der Waals surface area (Å²) in [5.74, 6) is 0.0988. The molecule has 0 atom stereocenters. The highest BCUT2D eigenvalue weighted by Gasteiger charge is 2.13. The number of hydrogen-bond acceptors (Lipinski definition) is 4. The van der Waals surface area contributed by atoms with Crippen LogP contribution in [0.2, 0.25) is 0 Å². The van der Waals surface area contributed by atoms with Crippen molar-refractivity contribution < 1.29 is 18.3 Å². The molecule has 23 heavy (non-hydrogen) atoms. The molecule has 0 amide bonds. The average molecular weight is 333 g/mol. The van der Waals surface area contributed by atoms with E-state index in [2.05, 4.69) is 4.72 Å². The average Bonchev–Trinajstić information content (AvgIpc) is 2.52. The van der Waals surface area contributed by atoms with Crippen LogP contribution in [0.25, 0.3) is 0 Å². The Bertz CT molecular complexity index is 782. The minimum Gasteiger partial charge on any atom is -0.508 e. The van der Waals surface area contributed by atoms with E-state index in [9.17, 15) is 18.3 Å². The predicted molar refractivity (Wildman–Crippen MR) is 88.1 cm³/mol. The Morgan fingerprint density at radius 3 is 2.43 bits per heavy atom. The second-order valence-electron chi connectivity index (χ2n) is 5.25. The number of aryl methyl sites for hydroxylation is 1. The molecule has 0 heterocycles. The first-order chi connectivity index (χ1) is 10.9. The van der Waals surface area contributed by atoms with Gasteiger partial charge in [0.05, 0.1) is 4.90 Å². The number of nitrogens with one attached hydrogen (secondary N) is 1. The molecule has 0 saturated heterocycles. The molecule has 5 nitrogen and oxygen atoms in total. The van der Waals surface area contributed by atoms with Crippen LogP contribution < -0.4 is 4.72 Å². The van der Waals surface area contributed by atoms with Crippen molar-refractivity contribution in [1.82, 2.24) is 4.72 Å². The van der Waals surface area contributed by atoms with Crippen molar-refractivity contribution >= 4 is 15.8 Å².